The maximum Gasteiger partial charge on any atom is 0.336 e. The number of carboxylic acid groups (broad SMARTS) is 1. The van der Waals surface area contributed by atoms with Crippen LogP contribution in [0.1, 0.15) is 29.2 Å². The van der Waals surface area contributed by atoms with Crippen molar-refractivity contribution in [3.63, 3.8) is 0 Å². The molecule has 0 spiro atoms. The molecule has 2 N–H and O–H groups in total. The largest absolute Gasteiger partial charge is 0.494 e. The van der Waals surface area contributed by atoms with Crippen molar-refractivity contribution in [1.82, 2.24) is 0 Å². The summed E-state index contributed by atoms with van der Waals surface area (Å²) >= 11 is 7.10. The molecular formula is C26H23Br2NO5. The molecule has 3 aromatic rings. The number of carbonyl (C=O) groups is 1. The third-order valence-corrected chi connectivity index (χ3v) is 7.11. The van der Waals surface area contributed by atoms with E-state index in [0.29, 0.717) is 29.9 Å². The maximum atomic E-state index is 12.9. The monoisotopic (exact) mass is 587 g/mol. The Morgan fingerprint density at radius 1 is 1.00 bits per heavy atom. The van der Waals surface area contributed by atoms with Gasteiger partial charge in [-0.1, -0.05) is 68.3 Å². The highest BCUT2D eigenvalue weighted by molar-refractivity contribution is 9.10. The summed E-state index contributed by atoms with van der Waals surface area (Å²) in [5.74, 6) is -0.157. The van der Waals surface area contributed by atoms with E-state index in [1.807, 2.05) is 48.5 Å². The van der Waals surface area contributed by atoms with Gasteiger partial charge in [-0.05, 0) is 42.0 Å². The number of hydrogen-bond donors (Lipinski definition) is 2. The van der Waals surface area contributed by atoms with Crippen LogP contribution in [-0.4, -0.2) is 40.8 Å². The van der Waals surface area contributed by atoms with Crippen LogP contribution >= 0.6 is 31.9 Å². The van der Waals surface area contributed by atoms with E-state index in [1.54, 1.807) is 24.3 Å². The van der Waals surface area contributed by atoms with Crippen LogP contribution in [0.25, 0.3) is 0 Å². The summed E-state index contributed by atoms with van der Waals surface area (Å²) < 4.78 is 13.5. The van der Waals surface area contributed by atoms with Gasteiger partial charge in [-0.3, -0.25) is 0 Å². The molecule has 0 aliphatic carbocycles. The first-order valence-corrected chi connectivity index (χ1v) is 12.3. The van der Waals surface area contributed by atoms with E-state index in [1.165, 1.54) is 0 Å². The van der Waals surface area contributed by atoms with Crippen LogP contribution in [0.4, 0.5) is 0 Å². The lowest BCUT2D eigenvalue weighted by molar-refractivity contribution is -0.146. The highest BCUT2D eigenvalue weighted by Crippen LogP contribution is 2.45. The second kappa shape index (κ2) is 10.7. The fourth-order valence-electron chi connectivity index (χ4n) is 3.86. The Hall–Kier alpha value is -2.68. The minimum atomic E-state index is -1.57. The van der Waals surface area contributed by atoms with Gasteiger partial charge >= 0.3 is 5.97 Å². The van der Waals surface area contributed by atoms with Gasteiger partial charge in [-0.2, -0.15) is 0 Å². The molecule has 0 saturated heterocycles. The Balaban J connectivity index is 1.75. The molecule has 3 aromatic carbocycles. The first kappa shape index (κ1) is 24.4. The number of carboxylic acids is 1. The first-order valence-electron chi connectivity index (χ1n) is 10.8. The third-order valence-electron chi connectivity index (χ3n) is 5.61. The fourth-order valence-corrected chi connectivity index (χ4v) is 4.78. The fraction of sp³-hybridized carbons (Fsp3) is 0.231. The smallest absolute Gasteiger partial charge is 0.336 e. The number of hydrogen-bond acceptors (Lipinski definition) is 5. The molecule has 2 atom stereocenters. The summed E-state index contributed by atoms with van der Waals surface area (Å²) in [6, 6.07) is 22.1. The molecule has 0 amide bonds. The summed E-state index contributed by atoms with van der Waals surface area (Å²) in [6.45, 7) is 0.472. The van der Waals surface area contributed by atoms with E-state index < -0.39 is 17.6 Å². The molecule has 0 fully saturated rings. The maximum absolute atomic E-state index is 12.9. The number of aliphatic imine (C=N–C) groups is 1. The van der Waals surface area contributed by atoms with Crippen molar-refractivity contribution >= 4 is 43.7 Å². The Bertz CT molecular complexity index is 1200. The van der Waals surface area contributed by atoms with Crippen molar-refractivity contribution in [3.8, 4) is 5.75 Å². The van der Waals surface area contributed by atoms with Crippen molar-refractivity contribution in [3.05, 3.63) is 98.4 Å². The minimum absolute atomic E-state index is 0.0635. The Labute approximate surface area is 214 Å². The minimum Gasteiger partial charge on any atom is -0.494 e. The predicted octanol–water partition coefficient (Wildman–Crippen LogP) is 5.56. The Kier molecular flexibility index (Phi) is 7.70. The van der Waals surface area contributed by atoms with Crippen LogP contribution in [-0.2, 0) is 16.0 Å². The molecule has 4 rings (SSSR count). The zero-order valence-corrected chi connectivity index (χ0v) is 21.3. The highest BCUT2D eigenvalue weighted by Gasteiger charge is 2.54. The molecule has 0 unspecified atom stereocenters. The highest BCUT2D eigenvalue weighted by atomic mass is 79.9. The lowest BCUT2D eigenvalue weighted by Crippen LogP contribution is -2.43. The third kappa shape index (κ3) is 5.04. The van der Waals surface area contributed by atoms with Crippen LogP contribution in [0, 0.1) is 0 Å². The lowest BCUT2D eigenvalue weighted by Gasteiger charge is -2.28. The van der Waals surface area contributed by atoms with Gasteiger partial charge in [0.2, 0.25) is 11.4 Å². The lowest BCUT2D eigenvalue weighted by atomic mass is 9.83. The molecular weight excluding hydrogens is 566 g/mol. The van der Waals surface area contributed by atoms with Crippen molar-refractivity contribution in [2.24, 2.45) is 4.99 Å². The number of aliphatic hydroxyl groups is 1. The zero-order valence-electron chi connectivity index (χ0n) is 18.2. The van der Waals surface area contributed by atoms with Crippen LogP contribution in [0.3, 0.4) is 0 Å². The summed E-state index contributed by atoms with van der Waals surface area (Å²) in [7, 11) is 0. The van der Waals surface area contributed by atoms with Crippen molar-refractivity contribution in [2.75, 3.05) is 13.2 Å². The standard InChI is InChI=1S/C26H23Br2NO5/c27-21-8-3-1-6-18(21)16-26(25(31)32)23(20-7-2-4-9-22(20)28)34-24(29-26)17-10-12-19(13-11-17)33-15-5-14-30/h1-4,6-13,23,30H,5,14-16H2,(H,31,32)/t23-,26-/m1/s1. The van der Waals surface area contributed by atoms with E-state index in [9.17, 15) is 9.90 Å². The van der Waals surface area contributed by atoms with Crippen molar-refractivity contribution in [2.45, 2.75) is 24.5 Å². The molecule has 0 saturated carbocycles. The number of halogens is 2. The van der Waals surface area contributed by atoms with Crippen molar-refractivity contribution < 1.29 is 24.5 Å². The molecule has 1 aliphatic rings. The molecule has 34 heavy (non-hydrogen) atoms. The second-order valence-electron chi connectivity index (χ2n) is 7.88. The molecule has 176 valence electrons. The number of nitrogens with zero attached hydrogens (tertiary/aromatic N) is 1. The zero-order chi connectivity index (χ0) is 24.1. The van der Waals surface area contributed by atoms with E-state index >= 15 is 0 Å². The van der Waals surface area contributed by atoms with E-state index in [2.05, 4.69) is 31.9 Å². The van der Waals surface area contributed by atoms with E-state index in [-0.39, 0.29) is 18.9 Å². The van der Waals surface area contributed by atoms with Gasteiger partial charge in [0.1, 0.15) is 5.75 Å². The van der Waals surface area contributed by atoms with Crippen LogP contribution in [0.5, 0.6) is 5.75 Å². The molecule has 6 nitrogen and oxygen atoms in total. The molecule has 1 heterocycles. The SMILES string of the molecule is O=C(O)[C@]1(Cc2ccccc2Br)N=C(c2ccc(OCCCO)cc2)O[C@@H]1c1ccccc1Br. The van der Waals surface area contributed by atoms with Gasteiger partial charge in [-0.15, -0.1) is 0 Å². The molecule has 0 bridgehead atoms. The van der Waals surface area contributed by atoms with Crippen LogP contribution in [0.15, 0.2) is 86.7 Å². The molecule has 8 heteroatoms. The second-order valence-corrected chi connectivity index (χ2v) is 9.59. The van der Waals surface area contributed by atoms with Gasteiger partial charge in [-0.25, -0.2) is 9.79 Å². The van der Waals surface area contributed by atoms with Gasteiger partial charge in [0, 0.05) is 39.5 Å². The number of benzene rings is 3. The van der Waals surface area contributed by atoms with Gasteiger partial charge in [0.05, 0.1) is 6.61 Å². The Morgan fingerprint density at radius 2 is 1.68 bits per heavy atom. The predicted molar refractivity (Wildman–Crippen MR) is 136 cm³/mol. The van der Waals surface area contributed by atoms with Crippen LogP contribution < -0.4 is 4.74 Å². The number of ether oxygens (including phenoxy) is 2. The Morgan fingerprint density at radius 3 is 2.32 bits per heavy atom. The van der Waals surface area contributed by atoms with Crippen LogP contribution in [0.2, 0.25) is 0 Å². The van der Waals surface area contributed by atoms with E-state index in [0.717, 1.165) is 14.5 Å². The number of rotatable bonds is 9. The number of aliphatic hydroxyl groups excluding tert-OH is 1. The van der Waals surface area contributed by atoms with E-state index in [4.69, 9.17) is 19.6 Å². The summed E-state index contributed by atoms with van der Waals surface area (Å²) in [5, 5.41) is 19.4. The average molecular weight is 589 g/mol. The topological polar surface area (TPSA) is 88.4 Å². The summed E-state index contributed by atoms with van der Waals surface area (Å²) in [4.78, 5) is 17.6. The first-order chi connectivity index (χ1) is 16.4. The quantitative estimate of drug-likeness (QED) is 0.320. The summed E-state index contributed by atoms with van der Waals surface area (Å²) in [6.07, 6.45) is -0.161. The van der Waals surface area contributed by atoms with Gasteiger partial charge in [0.15, 0.2) is 6.10 Å². The van der Waals surface area contributed by atoms with Crippen molar-refractivity contribution in [1.29, 1.82) is 0 Å². The summed E-state index contributed by atoms with van der Waals surface area (Å²) in [5.41, 5.74) is 0.615. The molecule has 1 aliphatic heterocycles. The number of aliphatic carboxylic acids is 1. The van der Waals surface area contributed by atoms with Gasteiger partial charge in [0.25, 0.3) is 0 Å². The van der Waals surface area contributed by atoms with Gasteiger partial charge < -0.3 is 19.7 Å². The molecule has 0 radical (unpaired) electrons. The molecule has 0 aromatic heterocycles. The average Bonchev–Trinajstić information content (AvgIpc) is 3.22. The normalized spacial score (nSPS) is 19.4.